The lowest BCUT2D eigenvalue weighted by Crippen LogP contribution is -2.26. The summed E-state index contributed by atoms with van der Waals surface area (Å²) in [7, 11) is -3.70. The molecule has 7 nitrogen and oxygen atoms in total. The summed E-state index contributed by atoms with van der Waals surface area (Å²) in [6.07, 6.45) is 0.449. The number of hydrogen-bond donors (Lipinski definition) is 1. The fraction of sp³-hybridized carbons (Fsp3) is 0.400. The summed E-state index contributed by atoms with van der Waals surface area (Å²) in [5, 5.41) is 0.452. The molecule has 0 saturated carbocycles. The van der Waals surface area contributed by atoms with Gasteiger partial charge in [-0.05, 0) is 50.1 Å². The Kier molecular flexibility index (Phi) is 7.10. The Morgan fingerprint density at radius 3 is 2.52 bits per heavy atom. The van der Waals surface area contributed by atoms with Crippen LogP contribution in [0.25, 0.3) is 0 Å². The number of halogens is 1. The van der Waals surface area contributed by atoms with E-state index in [-0.39, 0.29) is 11.4 Å². The van der Waals surface area contributed by atoms with Crippen LogP contribution < -0.4 is 23.7 Å². The summed E-state index contributed by atoms with van der Waals surface area (Å²) in [4.78, 5) is 0.115. The Hall–Kier alpha value is -2.16. The normalized spacial score (nSPS) is 13.2. The summed E-state index contributed by atoms with van der Waals surface area (Å²) in [6, 6.07) is 8.14. The van der Waals surface area contributed by atoms with E-state index in [1.54, 1.807) is 12.1 Å². The number of sulfonamides is 1. The van der Waals surface area contributed by atoms with Crippen molar-refractivity contribution in [1.29, 1.82) is 0 Å². The van der Waals surface area contributed by atoms with Gasteiger partial charge in [-0.2, -0.15) is 0 Å². The topological polar surface area (TPSA) is 83.1 Å². The largest absolute Gasteiger partial charge is 0.490 e. The molecule has 2 aromatic rings. The maximum atomic E-state index is 12.7. The molecule has 0 fully saturated rings. The summed E-state index contributed by atoms with van der Waals surface area (Å²) < 4.78 is 50.0. The fourth-order valence-corrected chi connectivity index (χ4v) is 4.25. The number of hydrogen-bond acceptors (Lipinski definition) is 6. The molecule has 3 rings (SSSR count). The van der Waals surface area contributed by atoms with Crippen molar-refractivity contribution in [3.8, 4) is 23.0 Å². The molecular weight excluding hydrogens is 418 g/mol. The minimum atomic E-state index is -3.70. The van der Waals surface area contributed by atoms with Crippen molar-refractivity contribution in [1.82, 2.24) is 4.72 Å². The second-order valence-corrected chi connectivity index (χ2v) is 8.40. The number of nitrogens with one attached hydrogen (secondary N) is 1. The van der Waals surface area contributed by atoms with Gasteiger partial charge in [-0.15, -0.1) is 0 Å². The molecule has 0 atom stereocenters. The van der Waals surface area contributed by atoms with Gasteiger partial charge in [0.2, 0.25) is 10.0 Å². The lowest BCUT2D eigenvalue weighted by atomic mass is 10.1. The monoisotopic (exact) mass is 441 g/mol. The first-order chi connectivity index (χ1) is 13.9. The average molecular weight is 442 g/mol. The second kappa shape index (κ2) is 9.56. The van der Waals surface area contributed by atoms with Crippen molar-refractivity contribution >= 4 is 21.6 Å². The molecule has 0 saturated heterocycles. The Balaban J connectivity index is 1.69. The van der Waals surface area contributed by atoms with Crippen LogP contribution in [0.4, 0.5) is 0 Å². The van der Waals surface area contributed by atoms with Crippen LogP contribution in [-0.2, 0) is 16.4 Å². The molecule has 2 aromatic carbocycles. The summed E-state index contributed by atoms with van der Waals surface area (Å²) in [6.45, 7) is 5.66. The van der Waals surface area contributed by atoms with Gasteiger partial charge in [0.25, 0.3) is 0 Å². The zero-order chi connectivity index (χ0) is 20.9. The second-order valence-electron chi connectivity index (χ2n) is 6.22. The van der Waals surface area contributed by atoms with Gasteiger partial charge >= 0.3 is 0 Å². The average Bonchev–Trinajstić information content (AvgIpc) is 2.69. The third-order valence-corrected chi connectivity index (χ3v) is 5.93. The molecule has 1 heterocycles. The van der Waals surface area contributed by atoms with Crippen molar-refractivity contribution in [2.24, 2.45) is 0 Å². The zero-order valence-corrected chi connectivity index (χ0v) is 17.9. The number of fused-ring (bicyclic) bond motifs is 1. The lowest BCUT2D eigenvalue weighted by Gasteiger charge is -2.20. The highest BCUT2D eigenvalue weighted by Crippen LogP contribution is 2.38. The van der Waals surface area contributed by atoms with E-state index >= 15 is 0 Å². The van der Waals surface area contributed by atoms with E-state index in [0.29, 0.717) is 60.9 Å². The summed E-state index contributed by atoms with van der Waals surface area (Å²) in [5.41, 5.74) is 0.851. The van der Waals surface area contributed by atoms with Gasteiger partial charge in [-0.3, -0.25) is 0 Å². The van der Waals surface area contributed by atoms with E-state index in [0.717, 1.165) is 5.56 Å². The van der Waals surface area contributed by atoms with Crippen molar-refractivity contribution in [2.45, 2.75) is 25.2 Å². The quantitative estimate of drug-likeness (QED) is 0.642. The van der Waals surface area contributed by atoms with Gasteiger partial charge in [0, 0.05) is 12.6 Å². The SMILES string of the molecule is CCOc1ccc(S(=O)(=O)NCCc2cc(Cl)c3c(c2)OCCO3)cc1OCC. The van der Waals surface area contributed by atoms with Gasteiger partial charge in [-0.25, -0.2) is 13.1 Å². The first-order valence-electron chi connectivity index (χ1n) is 9.42. The van der Waals surface area contributed by atoms with Crippen LogP contribution in [0, 0.1) is 0 Å². The maximum absolute atomic E-state index is 12.7. The van der Waals surface area contributed by atoms with Gasteiger partial charge in [-0.1, -0.05) is 11.6 Å². The summed E-state index contributed by atoms with van der Waals surface area (Å²) in [5.74, 6) is 2.02. The van der Waals surface area contributed by atoms with E-state index < -0.39 is 10.0 Å². The van der Waals surface area contributed by atoms with E-state index in [4.69, 9.17) is 30.5 Å². The smallest absolute Gasteiger partial charge is 0.240 e. The molecule has 29 heavy (non-hydrogen) atoms. The predicted octanol–water partition coefficient (Wildman–Crippen LogP) is 3.43. The van der Waals surface area contributed by atoms with E-state index in [9.17, 15) is 8.42 Å². The van der Waals surface area contributed by atoms with Crippen LogP contribution in [0.3, 0.4) is 0 Å². The molecule has 9 heteroatoms. The van der Waals surface area contributed by atoms with Gasteiger partial charge in [0.15, 0.2) is 23.0 Å². The minimum Gasteiger partial charge on any atom is -0.490 e. The van der Waals surface area contributed by atoms with Crippen molar-refractivity contribution in [3.05, 3.63) is 40.9 Å². The highest BCUT2D eigenvalue weighted by Gasteiger charge is 2.19. The molecule has 158 valence electrons. The molecule has 0 aromatic heterocycles. The van der Waals surface area contributed by atoms with E-state index in [1.165, 1.54) is 12.1 Å². The van der Waals surface area contributed by atoms with Crippen LogP contribution in [-0.4, -0.2) is 41.4 Å². The Morgan fingerprint density at radius 1 is 1.03 bits per heavy atom. The van der Waals surface area contributed by atoms with E-state index in [2.05, 4.69) is 4.72 Å². The van der Waals surface area contributed by atoms with E-state index in [1.807, 2.05) is 19.9 Å². The molecule has 1 aliphatic heterocycles. The Labute approximate surface area is 175 Å². The number of benzene rings is 2. The Morgan fingerprint density at radius 2 is 1.76 bits per heavy atom. The minimum absolute atomic E-state index is 0.115. The van der Waals surface area contributed by atoms with Gasteiger partial charge < -0.3 is 18.9 Å². The third kappa shape index (κ3) is 5.26. The molecular formula is C20H24ClNO6S. The Bertz CT molecular complexity index is 964. The molecule has 0 aliphatic carbocycles. The molecule has 0 radical (unpaired) electrons. The molecule has 0 unspecified atom stereocenters. The molecule has 1 N–H and O–H groups in total. The maximum Gasteiger partial charge on any atom is 0.240 e. The predicted molar refractivity (Wildman–Crippen MR) is 110 cm³/mol. The zero-order valence-electron chi connectivity index (χ0n) is 16.4. The van der Waals surface area contributed by atoms with Crippen molar-refractivity contribution in [3.63, 3.8) is 0 Å². The molecule has 0 spiro atoms. The molecule has 0 amide bonds. The van der Waals surface area contributed by atoms with Crippen molar-refractivity contribution < 1.29 is 27.4 Å². The van der Waals surface area contributed by atoms with Crippen LogP contribution in [0.2, 0.25) is 5.02 Å². The molecule has 1 aliphatic rings. The summed E-state index contributed by atoms with van der Waals surface area (Å²) >= 11 is 6.23. The van der Waals surface area contributed by atoms with Gasteiger partial charge in [0.05, 0.1) is 23.1 Å². The fourth-order valence-electron chi connectivity index (χ4n) is 2.92. The van der Waals surface area contributed by atoms with Crippen LogP contribution >= 0.6 is 11.6 Å². The first kappa shape index (κ1) is 21.5. The van der Waals surface area contributed by atoms with Crippen LogP contribution in [0.15, 0.2) is 35.2 Å². The number of rotatable bonds is 9. The van der Waals surface area contributed by atoms with Gasteiger partial charge in [0.1, 0.15) is 13.2 Å². The number of ether oxygens (including phenoxy) is 4. The van der Waals surface area contributed by atoms with Crippen LogP contribution in [0.1, 0.15) is 19.4 Å². The first-order valence-corrected chi connectivity index (χ1v) is 11.3. The standard InChI is InChI=1S/C20H24ClNO6S/c1-3-25-17-6-5-15(13-18(17)26-4-2)29(23,24)22-8-7-14-11-16(21)20-19(12-14)27-9-10-28-20/h5-6,11-13,22H,3-4,7-10H2,1-2H3. The van der Waals surface area contributed by atoms with Crippen molar-refractivity contribution in [2.75, 3.05) is 33.0 Å². The third-order valence-electron chi connectivity index (χ3n) is 4.19. The molecule has 0 bridgehead atoms. The highest BCUT2D eigenvalue weighted by atomic mass is 35.5. The highest BCUT2D eigenvalue weighted by molar-refractivity contribution is 7.89. The lowest BCUT2D eigenvalue weighted by molar-refractivity contribution is 0.171. The van der Waals surface area contributed by atoms with Crippen LogP contribution in [0.5, 0.6) is 23.0 Å².